The number of halogens is 5. The number of hydrogen-bond acceptors (Lipinski definition) is 3. The topological polar surface area (TPSA) is 71.4 Å². The van der Waals surface area contributed by atoms with E-state index in [4.69, 9.17) is 0 Å². The molecule has 1 aliphatic heterocycles. The standard InChI is InChI=1S/C19H20F5N3O3S/c1-11(19(22,23)24)27-8-4-3-5-13-16(31(27,29)30)10-26(2)17(13)18(28)25-12-6-7-14(20)15(21)9-12/h6-7,9-11H,3-5,8H2,1-2H3,(H,25,28)/t11-/m1/s1. The third-order valence-corrected chi connectivity index (χ3v) is 7.21. The van der Waals surface area contributed by atoms with Crippen molar-refractivity contribution in [1.29, 1.82) is 0 Å². The number of hydrogen-bond donors (Lipinski definition) is 1. The first-order chi connectivity index (χ1) is 14.3. The fourth-order valence-electron chi connectivity index (χ4n) is 3.55. The molecule has 1 amide bonds. The summed E-state index contributed by atoms with van der Waals surface area (Å²) in [6.07, 6.45) is -2.96. The van der Waals surface area contributed by atoms with Crippen molar-refractivity contribution < 1.29 is 35.2 Å². The molecule has 1 N–H and O–H groups in total. The van der Waals surface area contributed by atoms with E-state index in [0.29, 0.717) is 10.7 Å². The highest BCUT2D eigenvalue weighted by Crippen LogP contribution is 2.34. The lowest BCUT2D eigenvalue weighted by molar-refractivity contribution is -0.166. The van der Waals surface area contributed by atoms with E-state index in [1.807, 2.05) is 0 Å². The van der Waals surface area contributed by atoms with Crippen molar-refractivity contribution in [2.45, 2.75) is 43.3 Å². The maximum atomic E-state index is 13.4. The first-order valence-corrected chi connectivity index (χ1v) is 10.8. The number of aryl methyl sites for hydroxylation is 1. The van der Waals surface area contributed by atoms with Crippen molar-refractivity contribution in [3.05, 3.63) is 47.3 Å². The van der Waals surface area contributed by atoms with Crippen LogP contribution in [0.2, 0.25) is 0 Å². The fraction of sp³-hybridized carbons (Fsp3) is 0.421. The van der Waals surface area contributed by atoms with Gasteiger partial charge in [-0.15, -0.1) is 0 Å². The second kappa shape index (κ2) is 8.23. The van der Waals surface area contributed by atoms with Crippen molar-refractivity contribution in [2.75, 3.05) is 11.9 Å². The van der Waals surface area contributed by atoms with Gasteiger partial charge in [0, 0.05) is 37.1 Å². The minimum Gasteiger partial charge on any atom is -0.345 e. The Labute approximate surface area is 175 Å². The van der Waals surface area contributed by atoms with Crippen LogP contribution < -0.4 is 5.32 Å². The van der Waals surface area contributed by atoms with E-state index in [1.54, 1.807) is 0 Å². The van der Waals surface area contributed by atoms with E-state index < -0.39 is 39.8 Å². The Morgan fingerprint density at radius 3 is 2.45 bits per heavy atom. The molecule has 1 aliphatic rings. The van der Waals surface area contributed by atoms with Crippen molar-refractivity contribution in [2.24, 2.45) is 7.05 Å². The van der Waals surface area contributed by atoms with Crippen LogP contribution in [0.1, 0.15) is 35.8 Å². The molecule has 0 aliphatic carbocycles. The first kappa shape index (κ1) is 23.2. The largest absolute Gasteiger partial charge is 0.404 e. The minimum absolute atomic E-state index is 0.0557. The summed E-state index contributed by atoms with van der Waals surface area (Å²) in [4.78, 5) is 12.4. The number of rotatable bonds is 3. The molecule has 0 saturated carbocycles. The van der Waals surface area contributed by atoms with Crippen LogP contribution in [-0.2, 0) is 23.5 Å². The molecule has 31 heavy (non-hydrogen) atoms. The van der Waals surface area contributed by atoms with Crippen LogP contribution >= 0.6 is 0 Å². The van der Waals surface area contributed by atoms with Gasteiger partial charge in [0.2, 0.25) is 10.0 Å². The highest BCUT2D eigenvalue weighted by Gasteiger charge is 2.46. The van der Waals surface area contributed by atoms with E-state index in [0.717, 1.165) is 31.3 Å². The highest BCUT2D eigenvalue weighted by atomic mass is 32.2. The summed E-state index contributed by atoms with van der Waals surface area (Å²) >= 11 is 0. The van der Waals surface area contributed by atoms with Gasteiger partial charge >= 0.3 is 6.18 Å². The van der Waals surface area contributed by atoms with Crippen molar-refractivity contribution in [1.82, 2.24) is 8.87 Å². The number of fused-ring (bicyclic) bond motifs is 1. The molecular formula is C19H20F5N3O3S. The molecule has 0 radical (unpaired) electrons. The summed E-state index contributed by atoms with van der Waals surface area (Å²) < 4.78 is 94.1. The van der Waals surface area contributed by atoms with E-state index in [-0.39, 0.29) is 41.2 Å². The molecule has 6 nitrogen and oxygen atoms in total. The average molecular weight is 465 g/mol. The number of sulfonamides is 1. The van der Waals surface area contributed by atoms with Gasteiger partial charge < -0.3 is 9.88 Å². The molecule has 12 heteroatoms. The molecule has 0 unspecified atom stereocenters. The summed E-state index contributed by atoms with van der Waals surface area (Å²) in [5, 5.41) is 2.37. The molecule has 0 bridgehead atoms. The molecule has 170 valence electrons. The van der Waals surface area contributed by atoms with Crippen LogP contribution in [-0.4, -0.2) is 42.0 Å². The summed E-state index contributed by atoms with van der Waals surface area (Å²) in [7, 11) is -3.16. The third-order valence-electron chi connectivity index (χ3n) is 5.19. The number of nitrogens with zero attached hydrogens (tertiary/aromatic N) is 2. The van der Waals surface area contributed by atoms with Crippen molar-refractivity contribution in [3.63, 3.8) is 0 Å². The summed E-state index contributed by atoms with van der Waals surface area (Å²) in [6, 6.07) is 0.486. The van der Waals surface area contributed by atoms with Gasteiger partial charge in [-0.3, -0.25) is 4.79 Å². The van der Waals surface area contributed by atoms with E-state index in [9.17, 15) is 35.2 Å². The van der Waals surface area contributed by atoms with Gasteiger partial charge in [0.25, 0.3) is 5.91 Å². The Morgan fingerprint density at radius 2 is 1.84 bits per heavy atom. The lowest BCUT2D eigenvalue weighted by atomic mass is 10.1. The second-order valence-electron chi connectivity index (χ2n) is 7.30. The Balaban J connectivity index is 2.03. The molecule has 2 aromatic rings. The summed E-state index contributed by atoms with van der Waals surface area (Å²) in [5.41, 5.74) is -0.0497. The predicted molar refractivity (Wildman–Crippen MR) is 102 cm³/mol. The van der Waals surface area contributed by atoms with Gasteiger partial charge in [0.15, 0.2) is 11.6 Å². The Kier molecular flexibility index (Phi) is 6.16. The van der Waals surface area contributed by atoms with Gasteiger partial charge in [-0.05, 0) is 38.3 Å². The molecule has 2 heterocycles. The summed E-state index contributed by atoms with van der Waals surface area (Å²) in [5.74, 6) is -3.08. The Morgan fingerprint density at radius 1 is 1.16 bits per heavy atom. The van der Waals surface area contributed by atoms with Crippen LogP contribution in [0.5, 0.6) is 0 Å². The predicted octanol–water partition coefficient (Wildman–Crippen LogP) is 3.83. The lowest BCUT2D eigenvalue weighted by Gasteiger charge is -2.31. The zero-order valence-electron chi connectivity index (χ0n) is 16.6. The van der Waals surface area contributed by atoms with Crippen LogP contribution in [0, 0.1) is 11.6 Å². The summed E-state index contributed by atoms with van der Waals surface area (Å²) in [6.45, 7) is 0.478. The van der Waals surface area contributed by atoms with Crippen LogP contribution in [0.25, 0.3) is 0 Å². The Hall–Kier alpha value is -2.47. The molecule has 1 atom stereocenters. The van der Waals surface area contributed by atoms with Crippen LogP contribution in [0.4, 0.5) is 27.6 Å². The van der Waals surface area contributed by atoms with Gasteiger partial charge in [-0.2, -0.15) is 17.5 Å². The number of nitrogens with one attached hydrogen (secondary N) is 1. The molecule has 1 aromatic heterocycles. The van der Waals surface area contributed by atoms with E-state index >= 15 is 0 Å². The van der Waals surface area contributed by atoms with Crippen molar-refractivity contribution in [3.8, 4) is 0 Å². The third kappa shape index (κ3) is 4.45. The average Bonchev–Trinajstić information content (AvgIpc) is 2.99. The molecular weight excluding hydrogens is 445 g/mol. The SMILES string of the molecule is C[C@@H](N1CCCCc2c(cn(C)c2C(=O)Nc2ccc(F)c(F)c2)S1(=O)=O)C(F)(F)F. The zero-order chi connectivity index (χ0) is 23.1. The van der Waals surface area contributed by atoms with Crippen LogP contribution in [0.3, 0.4) is 0 Å². The van der Waals surface area contributed by atoms with Crippen molar-refractivity contribution >= 4 is 21.6 Å². The number of aromatic nitrogens is 1. The monoisotopic (exact) mass is 465 g/mol. The number of alkyl halides is 3. The van der Waals surface area contributed by atoms with E-state index in [1.165, 1.54) is 11.6 Å². The van der Waals surface area contributed by atoms with Crippen LogP contribution in [0.15, 0.2) is 29.3 Å². The Bertz CT molecular complexity index is 1110. The number of amides is 1. The number of carbonyl (C=O) groups is 1. The van der Waals surface area contributed by atoms with E-state index in [2.05, 4.69) is 5.32 Å². The molecule has 1 aromatic carbocycles. The molecule has 0 saturated heterocycles. The second-order valence-corrected chi connectivity index (χ2v) is 9.16. The maximum Gasteiger partial charge on any atom is 0.404 e. The normalized spacial score (nSPS) is 18.0. The molecule has 0 fully saturated rings. The first-order valence-electron chi connectivity index (χ1n) is 9.37. The molecule has 0 spiro atoms. The van der Waals surface area contributed by atoms with Gasteiger partial charge in [-0.25, -0.2) is 17.2 Å². The minimum atomic E-state index is -4.76. The fourth-order valence-corrected chi connectivity index (χ4v) is 5.51. The number of carbonyl (C=O) groups excluding carboxylic acids is 1. The number of anilines is 1. The maximum absolute atomic E-state index is 13.4. The smallest absolute Gasteiger partial charge is 0.345 e. The quantitative estimate of drug-likeness (QED) is 0.701. The molecule has 3 rings (SSSR count). The zero-order valence-corrected chi connectivity index (χ0v) is 17.4. The highest BCUT2D eigenvalue weighted by molar-refractivity contribution is 7.89. The number of benzene rings is 1. The van der Waals surface area contributed by atoms with Gasteiger partial charge in [-0.1, -0.05) is 0 Å². The van der Waals surface area contributed by atoms with Gasteiger partial charge in [0.1, 0.15) is 16.6 Å². The van der Waals surface area contributed by atoms with Gasteiger partial charge in [0.05, 0.1) is 0 Å². The lowest BCUT2D eigenvalue weighted by Crippen LogP contribution is -2.47.